The molecule has 11 heteroatoms. The summed E-state index contributed by atoms with van der Waals surface area (Å²) in [4.78, 5) is 27.3. The first kappa shape index (κ1) is 22.8. The molecule has 3 aromatic heterocycles. The Hall–Kier alpha value is -3.40. The average Bonchev–Trinajstić information content (AvgIpc) is 2.80. The van der Waals surface area contributed by atoms with Gasteiger partial charge >= 0.3 is 6.18 Å². The highest BCUT2D eigenvalue weighted by atomic mass is 35.5. The van der Waals surface area contributed by atoms with Crippen LogP contribution < -0.4 is 16.0 Å². The standard InChI is InChI=1S/C22H20ClF3N6O/c23-14-10-13(22(24,25)26)11-29-19(14)16-5-4-15(27)20(30-16)21(33)31-17-12-28-7-6-18(17)32-8-2-1-3-9-32/h4-7,10-12H,1-3,8-9,27H2,(H,31,33). The van der Waals surface area contributed by atoms with E-state index in [0.29, 0.717) is 11.9 Å². The molecule has 1 aliphatic heterocycles. The van der Waals surface area contributed by atoms with Crippen molar-refractivity contribution in [2.45, 2.75) is 25.4 Å². The average molecular weight is 477 g/mol. The third kappa shape index (κ3) is 5.00. The van der Waals surface area contributed by atoms with Crippen molar-refractivity contribution in [1.29, 1.82) is 0 Å². The zero-order valence-electron chi connectivity index (χ0n) is 17.4. The van der Waals surface area contributed by atoms with Crippen LogP contribution in [0.4, 0.5) is 30.2 Å². The van der Waals surface area contributed by atoms with Gasteiger partial charge in [0.1, 0.15) is 5.69 Å². The van der Waals surface area contributed by atoms with Gasteiger partial charge in [-0.3, -0.25) is 14.8 Å². The zero-order valence-corrected chi connectivity index (χ0v) is 18.1. The van der Waals surface area contributed by atoms with E-state index in [1.807, 2.05) is 6.07 Å². The predicted molar refractivity (Wildman–Crippen MR) is 120 cm³/mol. The highest BCUT2D eigenvalue weighted by Gasteiger charge is 2.32. The van der Waals surface area contributed by atoms with Gasteiger partial charge in [-0.2, -0.15) is 13.2 Å². The summed E-state index contributed by atoms with van der Waals surface area (Å²) >= 11 is 6.03. The molecule has 0 aromatic carbocycles. The molecule has 4 rings (SSSR count). The summed E-state index contributed by atoms with van der Waals surface area (Å²) in [7, 11) is 0. The van der Waals surface area contributed by atoms with Crippen LogP contribution in [0, 0.1) is 0 Å². The van der Waals surface area contributed by atoms with Crippen molar-refractivity contribution >= 4 is 34.6 Å². The van der Waals surface area contributed by atoms with Crippen molar-refractivity contribution in [2.24, 2.45) is 0 Å². The monoisotopic (exact) mass is 476 g/mol. The van der Waals surface area contributed by atoms with Crippen molar-refractivity contribution in [3.63, 3.8) is 0 Å². The number of alkyl halides is 3. The van der Waals surface area contributed by atoms with Crippen LogP contribution in [-0.4, -0.2) is 33.9 Å². The van der Waals surface area contributed by atoms with E-state index in [1.165, 1.54) is 12.1 Å². The first-order chi connectivity index (χ1) is 15.7. The molecule has 1 fully saturated rings. The van der Waals surface area contributed by atoms with Gasteiger partial charge in [0.2, 0.25) is 0 Å². The number of piperidine rings is 1. The Bertz CT molecular complexity index is 1180. The molecule has 1 amide bonds. The first-order valence-electron chi connectivity index (χ1n) is 10.2. The molecule has 172 valence electrons. The molecule has 3 N–H and O–H groups in total. The van der Waals surface area contributed by atoms with Crippen molar-refractivity contribution in [2.75, 3.05) is 29.0 Å². The Morgan fingerprint density at radius 2 is 1.88 bits per heavy atom. The maximum atomic E-state index is 13.0. The molecule has 7 nitrogen and oxygen atoms in total. The van der Waals surface area contributed by atoms with Crippen LogP contribution in [0.5, 0.6) is 0 Å². The minimum atomic E-state index is -4.58. The Morgan fingerprint density at radius 3 is 2.58 bits per heavy atom. The number of nitrogen functional groups attached to an aromatic ring is 1. The quantitative estimate of drug-likeness (QED) is 0.548. The number of hydrogen-bond donors (Lipinski definition) is 2. The van der Waals surface area contributed by atoms with Crippen LogP contribution in [-0.2, 0) is 6.18 Å². The zero-order chi connectivity index (χ0) is 23.6. The summed E-state index contributed by atoms with van der Waals surface area (Å²) in [6.07, 6.45) is 2.59. The van der Waals surface area contributed by atoms with Gasteiger partial charge in [0.05, 0.1) is 39.5 Å². The number of amides is 1. The minimum Gasteiger partial charge on any atom is -0.397 e. The topological polar surface area (TPSA) is 97.0 Å². The molecule has 0 bridgehead atoms. The summed E-state index contributed by atoms with van der Waals surface area (Å²) in [5.41, 5.74) is 6.48. The Balaban J connectivity index is 1.62. The second-order valence-corrected chi connectivity index (χ2v) is 7.99. The fraction of sp³-hybridized carbons (Fsp3) is 0.273. The molecule has 0 saturated carbocycles. The number of halogens is 4. The molecule has 0 spiro atoms. The van der Waals surface area contributed by atoms with E-state index in [1.54, 1.807) is 12.4 Å². The maximum Gasteiger partial charge on any atom is 0.417 e. The van der Waals surface area contributed by atoms with Crippen LogP contribution in [0.3, 0.4) is 0 Å². The number of carbonyl (C=O) groups is 1. The lowest BCUT2D eigenvalue weighted by Crippen LogP contribution is -2.30. The maximum absolute atomic E-state index is 13.0. The minimum absolute atomic E-state index is 0.00843. The number of aromatic nitrogens is 3. The van der Waals surface area contributed by atoms with Gasteiger partial charge in [0.15, 0.2) is 5.69 Å². The van der Waals surface area contributed by atoms with Gasteiger partial charge < -0.3 is 16.0 Å². The Kier molecular flexibility index (Phi) is 6.37. The van der Waals surface area contributed by atoms with E-state index in [-0.39, 0.29) is 27.8 Å². The summed E-state index contributed by atoms with van der Waals surface area (Å²) < 4.78 is 38.7. The number of rotatable bonds is 4. The number of anilines is 3. The molecule has 3 aromatic rings. The van der Waals surface area contributed by atoms with Crippen molar-refractivity contribution in [3.05, 3.63) is 59.1 Å². The highest BCUT2D eigenvalue weighted by molar-refractivity contribution is 6.33. The fourth-order valence-electron chi connectivity index (χ4n) is 3.64. The van der Waals surface area contributed by atoms with Gasteiger partial charge in [0.25, 0.3) is 5.91 Å². The van der Waals surface area contributed by atoms with E-state index in [4.69, 9.17) is 17.3 Å². The van der Waals surface area contributed by atoms with Crippen LogP contribution in [0.25, 0.3) is 11.4 Å². The van der Waals surface area contributed by atoms with Gasteiger partial charge in [0, 0.05) is 25.5 Å². The van der Waals surface area contributed by atoms with Crippen molar-refractivity contribution in [3.8, 4) is 11.4 Å². The third-order valence-corrected chi connectivity index (χ3v) is 5.58. The van der Waals surface area contributed by atoms with Crippen molar-refractivity contribution in [1.82, 2.24) is 15.0 Å². The molecular weight excluding hydrogens is 457 g/mol. The van der Waals surface area contributed by atoms with E-state index in [0.717, 1.165) is 44.1 Å². The van der Waals surface area contributed by atoms with Gasteiger partial charge in [-0.25, -0.2) is 4.98 Å². The molecule has 1 aliphatic rings. The van der Waals surface area contributed by atoms with E-state index < -0.39 is 17.6 Å². The van der Waals surface area contributed by atoms with Gasteiger partial charge in [-0.15, -0.1) is 0 Å². The van der Waals surface area contributed by atoms with Crippen LogP contribution in [0.15, 0.2) is 42.9 Å². The number of nitrogens with one attached hydrogen (secondary N) is 1. The summed E-state index contributed by atoms with van der Waals surface area (Å²) in [6.45, 7) is 1.75. The van der Waals surface area contributed by atoms with Gasteiger partial charge in [-0.05, 0) is 43.5 Å². The Morgan fingerprint density at radius 1 is 1.12 bits per heavy atom. The molecule has 1 saturated heterocycles. The lowest BCUT2D eigenvalue weighted by Gasteiger charge is -2.30. The van der Waals surface area contributed by atoms with Crippen LogP contribution in [0.2, 0.25) is 5.02 Å². The summed E-state index contributed by atoms with van der Waals surface area (Å²) in [6, 6.07) is 5.47. The smallest absolute Gasteiger partial charge is 0.397 e. The summed E-state index contributed by atoms with van der Waals surface area (Å²) in [5, 5.41) is 2.56. The lowest BCUT2D eigenvalue weighted by molar-refractivity contribution is -0.137. The fourth-order valence-corrected chi connectivity index (χ4v) is 3.90. The molecule has 0 atom stereocenters. The molecule has 0 unspecified atom stereocenters. The highest BCUT2D eigenvalue weighted by Crippen LogP contribution is 2.34. The van der Waals surface area contributed by atoms with Crippen molar-refractivity contribution < 1.29 is 18.0 Å². The summed E-state index contributed by atoms with van der Waals surface area (Å²) in [5.74, 6) is -0.580. The first-order valence-corrected chi connectivity index (χ1v) is 10.6. The molecule has 33 heavy (non-hydrogen) atoms. The normalized spacial score (nSPS) is 14.2. The predicted octanol–water partition coefficient (Wildman–Crippen LogP) is 5.04. The number of nitrogens with two attached hydrogens (primary N) is 1. The Labute approximate surface area is 192 Å². The second-order valence-electron chi connectivity index (χ2n) is 7.58. The molecule has 0 aliphatic carbocycles. The lowest BCUT2D eigenvalue weighted by atomic mass is 10.1. The molecular formula is C22H20ClF3N6O. The largest absolute Gasteiger partial charge is 0.417 e. The molecule has 4 heterocycles. The number of carbonyl (C=O) groups excluding carboxylic acids is 1. The second kappa shape index (κ2) is 9.22. The SMILES string of the molecule is Nc1ccc(-c2ncc(C(F)(F)F)cc2Cl)nc1C(=O)Nc1cnccc1N1CCCCC1. The van der Waals surface area contributed by atoms with E-state index in [9.17, 15) is 18.0 Å². The van der Waals surface area contributed by atoms with Crippen LogP contribution >= 0.6 is 11.6 Å². The van der Waals surface area contributed by atoms with Gasteiger partial charge in [-0.1, -0.05) is 11.6 Å². The number of hydrogen-bond acceptors (Lipinski definition) is 6. The van der Waals surface area contributed by atoms with E-state index >= 15 is 0 Å². The number of nitrogens with zero attached hydrogens (tertiary/aromatic N) is 4. The number of pyridine rings is 3. The molecule has 0 radical (unpaired) electrons. The third-order valence-electron chi connectivity index (χ3n) is 5.30. The van der Waals surface area contributed by atoms with E-state index in [2.05, 4.69) is 25.2 Å². The van der Waals surface area contributed by atoms with Crippen LogP contribution in [0.1, 0.15) is 35.3 Å².